The molecule has 1 fully saturated rings. The van der Waals surface area contributed by atoms with Crippen LogP contribution in [0, 0.1) is 11.8 Å². The lowest BCUT2D eigenvalue weighted by molar-refractivity contribution is -0.147. The second-order valence-corrected chi connectivity index (χ2v) is 8.72. The normalized spacial score (nSPS) is 26.1. The third kappa shape index (κ3) is 2.65. The number of Topliss-reactive ketones (excluding diaryl/α,β-unsaturated/α-hetero) is 2. The molecule has 1 heterocycles. The molecule has 6 N–H and O–H groups in total. The molecule has 0 saturated heterocycles. The first-order valence-corrected chi connectivity index (χ1v) is 10.5. The Morgan fingerprint density at radius 1 is 1.15 bits per heavy atom. The Hall–Kier alpha value is -4.18. The molecular weight excluding hydrogens is 446 g/mol. The van der Waals surface area contributed by atoms with Gasteiger partial charge in [0.05, 0.1) is 17.4 Å². The van der Waals surface area contributed by atoms with Gasteiger partial charge in [-0.1, -0.05) is 0 Å². The highest BCUT2D eigenvalue weighted by Gasteiger charge is 2.60. The van der Waals surface area contributed by atoms with Crippen molar-refractivity contribution in [2.24, 2.45) is 17.6 Å². The smallest absolute Gasteiger partial charge is 0.255 e. The van der Waals surface area contributed by atoms with Crippen LogP contribution in [0.3, 0.4) is 0 Å². The number of aliphatic hydroxyl groups excluding tert-OH is 2. The van der Waals surface area contributed by atoms with E-state index >= 15 is 0 Å². The van der Waals surface area contributed by atoms with Crippen molar-refractivity contribution in [2.45, 2.75) is 24.9 Å². The number of nitrogens with two attached hydrogens (primary N) is 1. The highest BCUT2D eigenvalue weighted by molar-refractivity contribution is 6.22. The Morgan fingerprint density at radius 3 is 2.56 bits per heavy atom. The molecule has 3 aliphatic carbocycles. The van der Waals surface area contributed by atoms with Crippen LogP contribution >= 0.6 is 0 Å². The van der Waals surface area contributed by atoms with Crippen molar-refractivity contribution in [3.8, 4) is 17.1 Å². The van der Waals surface area contributed by atoms with E-state index in [2.05, 4.69) is 0 Å². The van der Waals surface area contributed by atoms with Gasteiger partial charge in [0.25, 0.3) is 5.91 Å². The largest absolute Gasteiger partial charge is 0.508 e. The zero-order chi connectivity index (χ0) is 24.5. The van der Waals surface area contributed by atoms with Crippen molar-refractivity contribution in [3.63, 3.8) is 0 Å². The standard InChI is InChI=1S/C24H19NO9/c25-23(32)18-15(28)7-11-5-10-6-13-12(20-9(8-26)3-4-34-20)1-2-14(27)17(13)19(29)16(10)21(30)24(11,33)22(18)31/h1-4,8,10-11,27,29,31,33H,5-7H2,(H2,25,32). The van der Waals surface area contributed by atoms with Crippen molar-refractivity contribution in [3.05, 3.63) is 58.1 Å². The van der Waals surface area contributed by atoms with Crippen molar-refractivity contribution >= 4 is 29.5 Å². The highest BCUT2D eigenvalue weighted by Crippen LogP contribution is 2.53. The maximum atomic E-state index is 13.5. The number of hydrogen-bond acceptors (Lipinski definition) is 9. The van der Waals surface area contributed by atoms with Crippen LogP contribution in [0.5, 0.6) is 5.75 Å². The van der Waals surface area contributed by atoms with Gasteiger partial charge in [-0.25, -0.2) is 0 Å². The van der Waals surface area contributed by atoms with E-state index in [-0.39, 0.29) is 41.1 Å². The summed E-state index contributed by atoms with van der Waals surface area (Å²) in [4.78, 5) is 49.0. The number of hydrogen-bond donors (Lipinski definition) is 5. The van der Waals surface area contributed by atoms with Gasteiger partial charge in [0.2, 0.25) is 5.78 Å². The van der Waals surface area contributed by atoms with E-state index in [0.29, 0.717) is 17.4 Å². The number of furan rings is 1. The van der Waals surface area contributed by atoms with Crippen molar-refractivity contribution in [1.29, 1.82) is 0 Å². The van der Waals surface area contributed by atoms with Gasteiger partial charge in [-0.2, -0.15) is 0 Å². The molecule has 1 saturated carbocycles. The van der Waals surface area contributed by atoms with Crippen molar-refractivity contribution in [2.75, 3.05) is 0 Å². The van der Waals surface area contributed by atoms with Gasteiger partial charge >= 0.3 is 0 Å². The van der Waals surface area contributed by atoms with Crippen LogP contribution in [-0.4, -0.2) is 49.8 Å². The number of amides is 1. The molecule has 2 aromatic rings. The number of fused-ring (bicyclic) bond motifs is 3. The minimum Gasteiger partial charge on any atom is -0.508 e. The fourth-order valence-electron chi connectivity index (χ4n) is 5.47. The lowest BCUT2D eigenvalue weighted by Crippen LogP contribution is -2.58. The summed E-state index contributed by atoms with van der Waals surface area (Å²) in [7, 11) is 0. The fraction of sp³-hybridized carbons (Fsp3) is 0.250. The first kappa shape index (κ1) is 21.7. The third-order valence-electron chi connectivity index (χ3n) is 7.01. The van der Waals surface area contributed by atoms with E-state index in [1.54, 1.807) is 0 Å². The summed E-state index contributed by atoms with van der Waals surface area (Å²) in [5.74, 6) is -6.73. The molecule has 1 aromatic heterocycles. The molecule has 10 nitrogen and oxygen atoms in total. The lowest BCUT2D eigenvalue weighted by atomic mass is 9.59. The minimum atomic E-state index is -2.62. The number of phenols is 1. The van der Waals surface area contributed by atoms with Crippen LogP contribution in [0.25, 0.3) is 17.1 Å². The molecule has 0 radical (unpaired) electrons. The summed E-state index contributed by atoms with van der Waals surface area (Å²) in [6.07, 6.45) is 1.65. The monoisotopic (exact) mass is 465 g/mol. The molecule has 0 aliphatic heterocycles. The van der Waals surface area contributed by atoms with Gasteiger partial charge in [0.15, 0.2) is 17.7 Å². The summed E-state index contributed by atoms with van der Waals surface area (Å²) < 4.78 is 5.46. The molecule has 10 heteroatoms. The summed E-state index contributed by atoms with van der Waals surface area (Å²) in [6, 6.07) is 4.26. The summed E-state index contributed by atoms with van der Waals surface area (Å²) in [6.45, 7) is 0. The predicted octanol–water partition coefficient (Wildman–Crippen LogP) is 1.50. The fourth-order valence-corrected chi connectivity index (χ4v) is 5.47. The zero-order valence-electron chi connectivity index (χ0n) is 17.6. The first-order chi connectivity index (χ1) is 16.1. The maximum Gasteiger partial charge on any atom is 0.255 e. The first-order valence-electron chi connectivity index (χ1n) is 10.5. The third-order valence-corrected chi connectivity index (χ3v) is 7.01. The van der Waals surface area contributed by atoms with Crippen molar-refractivity contribution in [1.82, 2.24) is 0 Å². The number of phenolic OH excluding ortho intramolecular Hbond substituents is 1. The van der Waals surface area contributed by atoms with E-state index in [1.807, 2.05) is 0 Å². The molecule has 174 valence electrons. The Bertz CT molecular complexity index is 1380. The van der Waals surface area contributed by atoms with Crippen LogP contribution in [0.15, 0.2) is 45.8 Å². The number of benzene rings is 1. The Kier molecular flexibility index (Phi) is 4.56. The summed E-state index contributed by atoms with van der Waals surface area (Å²) in [5, 5.41) is 43.4. The summed E-state index contributed by atoms with van der Waals surface area (Å²) >= 11 is 0. The zero-order valence-corrected chi connectivity index (χ0v) is 17.6. The van der Waals surface area contributed by atoms with Crippen LogP contribution in [-0.2, 0) is 20.8 Å². The number of aliphatic hydroxyl groups is 3. The molecule has 3 aliphatic rings. The lowest BCUT2D eigenvalue weighted by Gasteiger charge is -2.46. The van der Waals surface area contributed by atoms with Gasteiger partial charge in [-0.3, -0.25) is 19.2 Å². The second-order valence-electron chi connectivity index (χ2n) is 8.72. The highest BCUT2D eigenvalue weighted by atomic mass is 16.3. The van der Waals surface area contributed by atoms with E-state index in [4.69, 9.17) is 10.2 Å². The molecule has 0 bridgehead atoms. The van der Waals surface area contributed by atoms with E-state index in [1.165, 1.54) is 24.5 Å². The van der Waals surface area contributed by atoms with Gasteiger partial charge < -0.3 is 30.6 Å². The Balaban J connectivity index is 1.72. The van der Waals surface area contributed by atoms with Crippen LogP contribution < -0.4 is 5.73 Å². The number of carbonyl (C=O) groups excluding carboxylic acids is 4. The molecule has 3 unspecified atom stereocenters. The molecule has 5 rings (SSSR count). The number of primary amides is 1. The van der Waals surface area contributed by atoms with Gasteiger partial charge in [0, 0.05) is 23.5 Å². The Labute approximate surface area is 191 Å². The number of ketones is 2. The predicted molar refractivity (Wildman–Crippen MR) is 114 cm³/mol. The van der Waals surface area contributed by atoms with Gasteiger partial charge in [-0.05, 0) is 42.5 Å². The molecular formula is C24H19NO9. The van der Waals surface area contributed by atoms with Gasteiger partial charge in [0.1, 0.15) is 28.6 Å². The van der Waals surface area contributed by atoms with Crippen LogP contribution in [0.1, 0.15) is 34.3 Å². The topological polar surface area (TPSA) is 188 Å². The number of carbonyl (C=O) groups is 4. The minimum absolute atomic E-state index is 0.0106. The average molecular weight is 465 g/mol. The summed E-state index contributed by atoms with van der Waals surface area (Å²) in [5.41, 5.74) is 2.51. The molecule has 34 heavy (non-hydrogen) atoms. The van der Waals surface area contributed by atoms with Crippen LogP contribution in [0.2, 0.25) is 0 Å². The number of aldehydes is 1. The number of aromatic hydroxyl groups is 1. The van der Waals surface area contributed by atoms with Gasteiger partial charge in [-0.15, -0.1) is 0 Å². The Morgan fingerprint density at radius 2 is 1.88 bits per heavy atom. The molecule has 3 atom stereocenters. The van der Waals surface area contributed by atoms with E-state index in [9.17, 15) is 39.6 Å². The quantitative estimate of drug-likeness (QED) is 0.330. The maximum absolute atomic E-state index is 13.5. The number of rotatable bonds is 3. The van der Waals surface area contributed by atoms with Crippen molar-refractivity contribution < 1.29 is 44.0 Å². The molecule has 1 amide bonds. The molecule has 0 spiro atoms. The van der Waals surface area contributed by atoms with E-state index in [0.717, 1.165) is 0 Å². The van der Waals surface area contributed by atoms with Crippen LogP contribution in [0.4, 0.5) is 0 Å². The SMILES string of the molecule is NC(=O)C1=C(O)C2(O)C(=O)C3=C(O)c4c(O)ccc(-c5occc5C=O)c4CC3CC2CC1=O. The second kappa shape index (κ2) is 7.16. The molecule has 1 aromatic carbocycles. The van der Waals surface area contributed by atoms with E-state index < -0.39 is 58.4 Å². The average Bonchev–Trinajstić information content (AvgIpc) is 3.24.